The normalized spacial score (nSPS) is 28.9. The molecule has 0 aromatic carbocycles. The molecule has 2 heterocycles. The van der Waals surface area contributed by atoms with Crippen molar-refractivity contribution in [2.45, 2.75) is 71.0 Å². The minimum atomic E-state index is 0. The van der Waals surface area contributed by atoms with Crippen LogP contribution < -0.4 is 10.6 Å². The Morgan fingerprint density at radius 3 is 2.71 bits per heavy atom. The third kappa shape index (κ3) is 7.29. The summed E-state index contributed by atoms with van der Waals surface area (Å²) < 4.78 is 5.57. The molecular weight excluding hydrogens is 465 g/mol. The number of likely N-dealkylation sites (tertiary alicyclic amines) is 1. The van der Waals surface area contributed by atoms with E-state index in [1.807, 2.05) is 0 Å². The number of hydrogen-bond acceptors (Lipinski definition) is 4. The Hall–Kier alpha value is -0.120. The van der Waals surface area contributed by atoms with Crippen molar-refractivity contribution in [1.82, 2.24) is 20.4 Å². The maximum absolute atomic E-state index is 5.57. The Morgan fingerprint density at radius 2 is 2.00 bits per heavy atom. The van der Waals surface area contributed by atoms with Crippen molar-refractivity contribution in [3.05, 3.63) is 0 Å². The van der Waals surface area contributed by atoms with Crippen LogP contribution in [0.3, 0.4) is 0 Å². The smallest absolute Gasteiger partial charge is 0.191 e. The molecule has 2 saturated heterocycles. The summed E-state index contributed by atoms with van der Waals surface area (Å²) in [5.41, 5.74) is 0. The molecule has 0 aromatic rings. The molecule has 3 aliphatic rings. The van der Waals surface area contributed by atoms with Crippen LogP contribution in [0.2, 0.25) is 0 Å². The first-order chi connectivity index (χ1) is 13.2. The maximum atomic E-state index is 5.57. The quantitative estimate of drug-likeness (QED) is 0.315. The van der Waals surface area contributed by atoms with Crippen LogP contribution in [0.5, 0.6) is 0 Å². The average molecular weight is 508 g/mol. The minimum Gasteiger partial charge on any atom is -0.379 e. The van der Waals surface area contributed by atoms with Crippen molar-refractivity contribution in [2.75, 3.05) is 52.5 Å². The lowest BCUT2D eigenvalue weighted by atomic mass is 10.1. The highest BCUT2D eigenvalue weighted by molar-refractivity contribution is 14.0. The molecule has 3 atom stereocenters. The fourth-order valence-electron chi connectivity index (χ4n) is 4.91. The van der Waals surface area contributed by atoms with Gasteiger partial charge in [0.1, 0.15) is 0 Å². The first-order valence-corrected chi connectivity index (χ1v) is 11.3. The Kier molecular flexibility index (Phi) is 10.8. The van der Waals surface area contributed by atoms with Crippen LogP contribution in [-0.2, 0) is 4.74 Å². The second kappa shape index (κ2) is 12.5. The van der Waals surface area contributed by atoms with Gasteiger partial charge >= 0.3 is 0 Å². The zero-order valence-electron chi connectivity index (χ0n) is 18.2. The van der Waals surface area contributed by atoms with Crippen LogP contribution in [0.4, 0.5) is 0 Å². The molecule has 7 heteroatoms. The number of hydrogen-bond donors (Lipinski definition) is 2. The summed E-state index contributed by atoms with van der Waals surface area (Å²) in [6.07, 6.45) is 7.00. The average Bonchev–Trinajstić information content (AvgIpc) is 3.32. The lowest BCUT2D eigenvalue weighted by Gasteiger charge is -2.37. The van der Waals surface area contributed by atoms with Gasteiger partial charge in [-0.15, -0.1) is 24.0 Å². The standard InChI is InChI=1S/C21H41N5O.HI/c1-4-22-21(23-13-17(2)26-11-12-27-16-18(26)3)24-20-9-10-25(15-20)14-19-7-5-6-8-19;/h17-20H,4-16H2,1-3H3,(H2,22,23,24);1H. The van der Waals surface area contributed by atoms with E-state index >= 15 is 0 Å². The highest BCUT2D eigenvalue weighted by Gasteiger charge is 2.27. The fraction of sp³-hybridized carbons (Fsp3) is 0.952. The van der Waals surface area contributed by atoms with Gasteiger partial charge in [0.2, 0.25) is 0 Å². The highest BCUT2D eigenvalue weighted by atomic mass is 127. The van der Waals surface area contributed by atoms with Crippen molar-refractivity contribution in [3.63, 3.8) is 0 Å². The summed E-state index contributed by atoms with van der Waals surface area (Å²) in [6.45, 7) is 14.8. The largest absolute Gasteiger partial charge is 0.379 e. The third-order valence-corrected chi connectivity index (χ3v) is 6.45. The minimum absolute atomic E-state index is 0. The molecule has 28 heavy (non-hydrogen) atoms. The van der Waals surface area contributed by atoms with Gasteiger partial charge < -0.3 is 20.3 Å². The fourth-order valence-corrected chi connectivity index (χ4v) is 4.91. The molecule has 3 unspecified atom stereocenters. The second-order valence-electron chi connectivity index (χ2n) is 8.77. The molecule has 0 spiro atoms. The number of ether oxygens (including phenoxy) is 1. The summed E-state index contributed by atoms with van der Waals surface area (Å²) in [4.78, 5) is 10.1. The Balaban J connectivity index is 0.00000280. The first-order valence-electron chi connectivity index (χ1n) is 11.3. The van der Waals surface area contributed by atoms with Gasteiger partial charge in [0.15, 0.2) is 5.96 Å². The van der Waals surface area contributed by atoms with Gasteiger partial charge in [-0.05, 0) is 46.0 Å². The number of halogens is 1. The lowest BCUT2D eigenvalue weighted by Crippen LogP contribution is -2.50. The van der Waals surface area contributed by atoms with E-state index in [-0.39, 0.29) is 24.0 Å². The van der Waals surface area contributed by atoms with Crippen molar-refractivity contribution < 1.29 is 4.74 Å². The summed E-state index contributed by atoms with van der Waals surface area (Å²) in [7, 11) is 0. The number of morpholine rings is 1. The SMILES string of the molecule is CCNC(=NCC(C)N1CCOCC1C)NC1CCN(CC2CCCC2)C1.I. The zero-order valence-corrected chi connectivity index (χ0v) is 20.5. The molecule has 1 saturated carbocycles. The molecule has 164 valence electrons. The Labute approximate surface area is 189 Å². The van der Waals surface area contributed by atoms with Crippen LogP contribution in [-0.4, -0.2) is 86.4 Å². The topological polar surface area (TPSA) is 52.1 Å². The molecule has 0 radical (unpaired) electrons. The second-order valence-corrected chi connectivity index (χ2v) is 8.77. The van der Waals surface area contributed by atoms with Crippen LogP contribution in [0.15, 0.2) is 4.99 Å². The predicted octanol–water partition coefficient (Wildman–Crippen LogP) is 2.53. The molecule has 0 bridgehead atoms. The maximum Gasteiger partial charge on any atom is 0.191 e. The monoisotopic (exact) mass is 507 g/mol. The van der Waals surface area contributed by atoms with Crippen LogP contribution in [0, 0.1) is 5.92 Å². The summed E-state index contributed by atoms with van der Waals surface area (Å²) >= 11 is 0. The van der Waals surface area contributed by atoms with Crippen LogP contribution >= 0.6 is 24.0 Å². The van der Waals surface area contributed by atoms with Crippen molar-refractivity contribution in [1.29, 1.82) is 0 Å². The number of guanidine groups is 1. The van der Waals surface area contributed by atoms with Crippen LogP contribution in [0.25, 0.3) is 0 Å². The highest BCUT2D eigenvalue weighted by Crippen LogP contribution is 2.26. The van der Waals surface area contributed by atoms with Crippen molar-refractivity contribution in [2.24, 2.45) is 10.9 Å². The number of nitrogens with zero attached hydrogens (tertiary/aromatic N) is 3. The number of rotatable bonds is 7. The van der Waals surface area contributed by atoms with E-state index in [0.29, 0.717) is 18.1 Å². The first kappa shape index (κ1) is 24.2. The molecule has 1 aliphatic carbocycles. The molecule has 3 fully saturated rings. The van der Waals surface area contributed by atoms with Gasteiger partial charge in [0, 0.05) is 50.8 Å². The van der Waals surface area contributed by atoms with E-state index in [2.05, 4.69) is 41.2 Å². The van der Waals surface area contributed by atoms with Crippen molar-refractivity contribution >= 4 is 29.9 Å². The number of aliphatic imine (C=N–C) groups is 1. The van der Waals surface area contributed by atoms with Crippen LogP contribution in [0.1, 0.15) is 52.9 Å². The van der Waals surface area contributed by atoms with E-state index in [9.17, 15) is 0 Å². The zero-order chi connectivity index (χ0) is 19.1. The van der Waals surface area contributed by atoms with E-state index in [1.54, 1.807) is 0 Å². The van der Waals surface area contributed by atoms with E-state index in [0.717, 1.165) is 51.3 Å². The van der Waals surface area contributed by atoms with Gasteiger partial charge in [-0.3, -0.25) is 9.89 Å². The molecule has 3 rings (SSSR count). The van der Waals surface area contributed by atoms with Gasteiger partial charge in [-0.2, -0.15) is 0 Å². The number of nitrogens with one attached hydrogen (secondary N) is 2. The molecule has 6 nitrogen and oxygen atoms in total. The summed E-state index contributed by atoms with van der Waals surface area (Å²) in [5.74, 6) is 1.93. The molecule has 2 aliphatic heterocycles. The predicted molar refractivity (Wildman–Crippen MR) is 128 cm³/mol. The Morgan fingerprint density at radius 1 is 1.21 bits per heavy atom. The summed E-state index contributed by atoms with van der Waals surface area (Å²) in [5, 5.41) is 7.14. The molecule has 0 aromatic heterocycles. The van der Waals surface area contributed by atoms with E-state index < -0.39 is 0 Å². The van der Waals surface area contributed by atoms with E-state index in [4.69, 9.17) is 9.73 Å². The van der Waals surface area contributed by atoms with Gasteiger partial charge in [-0.25, -0.2) is 0 Å². The molecule has 0 amide bonds. The molecule has 2 N–H and O–H groups in total. The van der Waals surface area contributed by atoms with Gasteiger partial charge in [-0.1, -0.05) is 12.8 Å². The Bertz CT molecular complexity index is 472. The summed E-state index contributed by atoms with van der Waals surface area (Å²) in [6, 6.07) is 1.46. The van der Waals surface area contributed by atoms with Gasteiger partial charge in [0.25, 0.3) is 0 Å². The lowest BCUT2D eigenvalue weighted by molar-refractivity contribution is -0.0165. The third-order valence-electron chi connectivity index (χ3n) is 6.45. The van der Waals surface area contributed by atoms with E-state index in [1.165, 1.54) is 45.2 Å². The van der Waals surface area contributed by atoms with Gasteiger partial charge in [0.05, 0.1) is 19.8 Å². The molecular formula is C21H42IN5O. The van der Waals surface area contributed by atoms with Crippen molar-refractivity contribution in [3.8, 4) is 0 Å².